The number of halogens is 1. The summed E-state index contributed by atoms with van der Waals surface area (Å²) in [4.78, 5) is 31.2. The first kappa shape index (κ1) is 19.7. The Morgan fingerprint density at radius 3 is 2.52 bits per heavy atom. The fourth-order valence-electron chi connectivity index (χ4n) is 3.43. The van der Waals surface area contributed by atoms with Gasteiger partial charge in [0, 0.05) is 38.1 Å². The number of piperidine rings is 1. The van der Waals surface area contributed by atoms with Gasteiger partial charge in [-0.15, -0.1) is 0 Å². The molecule has 6 heteroatoms. The molecule has 1 aromatic carbocycles. The summed E-state index contributed by atoms with van der Waals surface area (Å²) in [6.45, 7) is 3.99. The molecule has 0 N–H and O–H groups in total. The number of rotatable bonds is 6. The summed E-state index contributed by atoms with van der Waals surface area (Å²) in [5.41, 5.74) is 0.860. The molecule has 0 saturated carbocycles. The molecule has 2 rings (SSSR count). The second-order valence-corrected chi connectivity index (χ2v) is 7.26. The number of likely N-dealkylation sites (N-methyl/N-ethyl adjacent to an activating group) is 2. The lowest BCUT2D eigenvalue weighted by Crippen LogP contribution is -2.49. The highest BCUT2D eigenvalue weighted by Crippen LogP contribution is 2.40. The highest BCUT2D eigenvalue weighted by atomic mass is 35.5. The van der Waals surface area contributed by atoms with Crippen LogP contribution in [0.2, 0.25) is 5.02 Å². The average molecular weight is 366 g/mol. The largest absolute Gasteiger partial charge is 0.344 e. The van der Waals surface area contributed by atoms with Crippen LogP contribution < -0.4 is 0 Å². The number of hydrogen-bond donors (Lipinski definition) is 0. The van der Waals surface area contributed by atoms with Crippen LogP contribution in [0.3, 0.4) is 0 Å². The van der Waals surface area contributed by atoms with Crippen LogP contribution >= 0.6 is 11.6 Å². The number of carbonyl (C=O) groups is 2. The van der Waals surface area contributed by atoms with Gasteiger partial charge in [0.1, 0.15) is 0 Å². The van der Waals surface area contributed by atoms with Gasteiger partial charge in [0.15, 0.2) is 0 Å². The third-order valence-electron chi connectivity index (χ3n) is 4.85. The molecule has 1 aliphatic rings. The normalized spacial score (nSPS) is 20.9. The van der Waals surface area contributed by atoms with Gasteiger partial charge in [-0.2, -0.15) is 0 Å². The third kappa shape index (κ3) is 4.53. The molecule has 5 nitrogen and oxygen atoms in total. The van der Waals surface area contributed by atoms with Crippen molar-refractivity contribution in [2.24, 2.45) is 5.92 Å². The standard InChI is InChI=1S/C19H28ClN3O2/c1-5-23-17(24)11-10-15(19(25)22(4)13-12-21(2)3)18(23)14-8-6-7-9-16(14)20/h6-9,15,18H,5,10-13H2,1-4H3/t15-,18+/m1/s1. The molecule has 1 aliphatic heterocycles. The monoisotopic (exact) mass is 365 g/mol. The molecule has 1 aromatic rings. The number of likely N-dealkylation sites (tertiary alicyclic amines) is 1. The highest BCUT2D eigenvalue weighted by molar-refractivity contribution is 6.31. The minimum atomic E-state index is -0.297. The minimum Gasteiger partial charge on any atom is -0.344 e. The summed E-state index contributed by atoms with van der Waals surface area (Å²) in [6.07, 6.45) is 0.975. The van der Waals surface area contributed by atoms with Gasteiger partial charge in [-0.25, -0.2) is 0 Å². The zero-order chi connectivity index (χ0) is 18.6. The number of amides is 2. The highest BCUT2D eigenvalue weighted by Gasteiger charge is 2.41. The molecule has 0 aliphatic carbocycles. The Bertz CT molecular complexity index is 620. The Kier molecular flexibility index (Phi) is 6.85. The molecule has 2 atom stereocenters. The van der Waals surface area contributed by atoms with Crippen LogP contribution in [0.5, 0.6) is 0 Å². The van der Waals surface area contributed by atoms with Crippen LogP contribution in [0.4, 0.5) is 0 Å². The van der Waals surface area contributed by atoms with Crippen molar-refractivity contribution in [1.29, 1.82) is 0 Å². The van der Waals surface area contributed by atoms with Crippen molar-refractivity contribution in [2.75, 3.05) is 40.8 Å². The topological polar surface area (TPSA) is 43.9 Å². The summed E-state index contributed by atoms with van der Waals surface area (Å²) in [6, 6.07) is 7.22. The quantitative estimate of drug-likeness (QED) is 0.778. The lowest BCUT2D eigenvalue weighted by molar-refractivity contribution is -0.147. The first-order chi connectivity index (χ1) is 11.9. The molecule has 1 saturated heterocycles. The maximum absolute atomic E-state index is 13.1. The predicted molar refractivity (Wildman–Crippen MR) is 100 cm³/mol. The Morgan fingerprint density at radius 1 is 1.24 bits per heavy atom. The molecular weight excluding hydrogens is 338 g/mol. The van der Waals surface area contributed by atoms with Crippen LogP contribution in [-0.2, 0) is 9.59 Å². The molecule has 0 unspecified atom stereocenters. The van der Waals surface area contributed by atoms with Crippen molar-refractivity contribution in [3.8, 4) is 0 Å². The van der Waals surface area contributed by atoms with Gasteiger partial charge >= 0.3 is 0 Å². The second kappa shape index (κ2) is 8.68. The van der Waals surface area contributed by atoms with E-state index in [1.165, 1.54) is 0 Å². The SMILES string of the molecule is CCN1C(=O)CC[C@@H](C(=O)N(C)CCN(C)C)[C@@H]1c1ccccc1Cl. The molecule has 25 heavy (non-hydrogen) atoms. The van der Waals surface area contributed by atoms with Gasteiger partial charge in [-0.3, -0.25) is 9.59 Å². The van der Waals surface area contributed by atoms with Crippen molar-refractivity contribution in [2.45, 2.75) is 25.8 Å². The van der Waals surface area contributed by atoms with E-state index < -0.39 is 0 Å². The van der Waals surface area contributed by atoms with E-state index in [4.69, 9.17) is 11.6 Å². The maximum Gasteiger partial charge on any atom is 0.227 e. The van der Waals surface area contributed by atoms with E-state index in [0.717, 1.165) is 12.1 Å². The van der Waals surface area contributed by atoms with Crippen molar-refractivity contribution < 1.29 is 9.59 Å². The predicted octanol–water partition coefficient (Wildman–Crippen LogP) is 2.66. The Morgan fingerprint density at radius 2 is 1.92 bits per heavy atom. The molecule has 138 valence electrons. The van der Waals surface area contributed by atoms with Crippen LogP contribution in [0.15, 0.2) is 24.3 Å². The van der Waals surface area contributed by atoms with Crippen LogP contribution in [0.25, 0.3) is 0 Å². The van der Waals surface area contributed by atoms with E-state index in [2.05, 4.69) is 4.90 Å². The van der Waals surface area contributed by atoms with E-state index in [9.17, 15) is 9.59 Å². The van der Waals surface area contributed by atoms with Crippen molar-refractivity contribution in [3.05, 3.63) is 34.9 Å². The Labute approximate surface area is 155 Å². The number of carbonyl (C=O) groups excluding carboxylic acids is 2. The third-order valence-corrected chi connectivity index (χ3v) is 5.19. The van der Waals surface area contributed by atoms with Gasteiger partial charge in [0.2, 0.25) is 11.8 Å². The van der Waals surface area contributed by atoms with E-state index in [1.807, 2.05) is 52.3 Å². The number of benzene rings is 1. The minimum absolute atomic E-state index is 0.0812. The molecule has 0 spiro atoms. The second-order valence-electron chi connectivity index (χ2n) is 6.85. The van der Waals surface area contributed by atoms with Crippen molar-refractivity contribution in [3.63, 3.8) is 0 Å². The molecular formula is C19H28ClN3O2. The molecule has 1 fully saturated rings. The number of hydrogen-bond acceptors (Lipinski definition) is 3. The Hall–Kier alpha value is -1.59. The van der Waals surface area contributed by atoms with E-state index in [-0.39, 0.29) is 23.8 Å². The molecule has 0 radical (unpaired) electrons. The van der Waals surface area contributed by atoms with E-state index in [0.29, 0.717) is 31.0 Å². The zero-order valence-corrected chi connectivity index (χ0v) is 16.3. The smallest absolute Gasteiger partial charge is 0.227 e. The fraction of sp³-hybridized carbons (Fsp3) is 0.579. The fourth-order valence-corrected chi connectivity index (χ4v) is 3.67. The molecule has 0 bridgehead atoms. The summed E-state index contributed by atoms with van der Waals surface area (Å²) in [5.74, 6) is -0.0881. The van der Waals surface area contributed by atoms with E-state index in [1.54, 1.807) is 9.80 Å². The summed E-state index contributed by atoms with van der Waals surface area (Å²) in [7, 11) is 5.81. The van der Waals surface area contributed by atoms with Crippen molar-refractivity contribution >= 4 is 23.4 Å². The van der Waals surface area contributed by atoms with Gasteiger partial charge < -0.3 is 14.7 Å². The van der Waals surface area contributed by atoms with Gasteiger partial charge in [-0.1, -0.05) is 29.8 Å². The van der Waals surface area contributed by atoms with Crippen LogP contribution in [0, 0.1) is 5.92 Å². The van der Waals surface area contributed by atoms with Gasteiger partial charge in [-0.05, 0) is 39.1 Å². The molecule has 1 heterocycles. The molecule has 0 aromatic heterocycles. The maximum atomic E-state index is 13.1. The van der Waals surface area contributed by atoms with E-state index >= 15 is 0 Å². The van der Waals surface area contributed by atoms with Crippen LogP contribution in [-0.4, -0.2) is 67.3 Å². The lowest BCUT2D eigenvalue weighted by Gasteiger charge is -2.42. The number of nitrogens with zero attached hydrogens (tertiary/aromatic N) is 3. The summed E-state index contributed by atoms with van der Waals surface area (Å²) in [5, 5.41) is 0.606. The summed E-state index contributed by atoms with van der Waals surface area (Å²) < 4.78 is 0. The summed E-state index contributed by atoms with van der Waals surface area (Å²) >= 11 is 6.41. The van der Waals surface area contributed by atoms with Crippen LogP contribution in [0.1, 0.15) is 31.4 Å². The first-order valence-corrected chi connectivity index (χ1v) is 9.18. The van der Waals surface area contributed by atoms with Gasteiger partial charge in [0.25, 0.3) is 0 Å². The molecule has 2 amide bonds. The van der Waals surface area contributed by atoms with Gasteiger partial charge in [0.05, 0.1) is 12.0 Å². The average Bonchev–Trinajstić information content (AvgIpc) is 2.59. The zero-order valence-electron chi connectivity index (χ0n) is 15.5. The lowest BCUT2D eigenvalue weighted by atomic mass is 9.83. The first-order valence-electron chi connectivity index (χ1n) is 8.80. The Balaban J connectivity index is 2.32. The van der Waals surface area contributed by atoms with Crippen molar-refractivity contribution in [1.82, 2.24) is 14.7 Å².